The van der Waals surface area contributed by atoms with Gasteiger partial charge in [0.1, 0.15) is 0 Å². The lowest BCUT2D eigenvalue weighted by molar-refractivity contribution is -0.139. The number of rotatable bonds is 4. The van der Waals surface area contributed by atoms with Crippen molar-refractivity contribution in [2.24, 2.45) is 0 Å². The van der Waals surface area contributed by atoms with Crippen LogP contribution in [-0.4, -0.2) is 13.1 Å². The van der Waals surface area contributed by atoms with Gasteiger partial charge in [0.15, 0.2) is 0 Å². The first-order chi connectivity index (χ1) is 8.53. The average molecular weight is 253 g/mol. The van der Waals surface area contributed by atoms with E-state index in [1.54, 1.807) is 6.07 Å². The van der Waals surface area contributed by atoms with Crippen LogP contribution in [0, 0.1) is 11.3 Å². The molecule has 0 aliphatic heterocycles. The maximum Gasteiger partial charge on any atom is 0.309 e. The minimum absolute atomic E-state index is 0.0459. The highest BCUT2D eigenvalue weighted by molar-refractivity contribution is 5.73. The highest BCUT2D eigenvalue weighted by Gasteiger charge is 2.17. The summed E-state index contributed by atoms with van der Waals surface area (Å²) in [5.74, 6) is -0.491. The first-order valence-corrected chi connectivity index (χ1v) is 5.44. The predicted octanol–water partition coefficient (Wildman–Crippen LogP) is 2.77. The van der Waals surface area contributed by atoms with E-state index in [9.17, 15) is 13.6 Å². The summed E-state index contributed by atoms with van der Waals surface area (Å²) in [6.07, 6.45) is -2.24. The molecule has 1 aromatic rings. The summed E-state index contributed by atoms with van der Waals surface area (Å²) < 4.78 is 30.1. The molecule has 0 unspecified atom stereocenters. The minimum atomic E-state index is -2.73. The fraction of sp³-hybridized carbons (Fsp3) is 0.385. The van der Waals surface area contributed by atoms with Crippen molar-refractivity contribution in [1.29, 1.82) is 5.26 Å². The second-order valence-corrected chi connectivity index (χ2v) is 3.73. The molecular formula is C13H13F2NO2. The van der Waals surface area contributed by atoms with Gasteiger partial charge < -0.3 is 4.74 Å². The molecular weight excluding hydrogens is 240 g/mol. The van der Waals surface area contributed by atoms with Crippen LogP contribution >= 0.6 is 0 Å². The molecule has 0 bridgehead atoms. The number of aryl methyl sites for hydroxylation is 1. The second-order valence-electron chi connectivity index (χ2n) is 3.73. The Hall–Kier alpha value is -1.96. The van der Waals surface area contributed by atoms with E-state index in [0.717, 1.165) is 0 Å². The van der Waals surface area contributed by atoms with Gasteiger partial charge in [-0.05, 0) is 29.7 Å². The monoisotopic (exact) mass is 253 g/mol. The highest BCUT2D eigenvalue weighted by Crippen LogP contribution is 2.26. The largest absolute Gasteiger partial charge is 0.469 e. The minimum Gasteiger partial charge on any atom is -0.469 e. The van der Waals surface area contributed by atoms with E-state index in [1.165, 1.54) is 19.2 Å². The first-order valence-electron chi connectivity index (χ1n) is 5.44. The van der Waals surface area contributed by atoms with Crippen LogP contribution in [0.25, 0.3) is 0 Å². The smallest absolute Gasteiger partial charge is 0.309 e. The first kappa shape index (κ1) is 14.1. The van der Waals surface area contributed by atoms with Gasteiger partial charge in [-0.25, -0.2) is 8.78 Å². The number of hydrogen-bond donors (Lipinski definition) is 0. The molecule has 5 heteroatoms. The Morgan fingerprint density at radius 1 is 1.44 bits per heavy atom. The maximum atomic E-state index is 12.8. The van der Waals surface area contributed by atoms with Gasteiger partial charge in [0.2, 0.25) is 0 Å². The van der Waals surface area contributed by atoms with Crippen molar-refractivity contribution in [3.8, 4) is 6.07 Å². The molecule has 0 spiro atoms. The standard InChI is InChI=1S/C13H13F2NO2/c1-3-8-4-10(7-16)11(13(14)15)5-9(8)6-12(17)18-2/h4-5,13H,3,6H2,1-2H3. The van der Waals surface area contributed by atoms with Crippen molar-refractivity contribution < 1.29 is 18.3 Å². The number of hydrogen-bond acceptors (Lipinski definition) is 3. The third kappa shape index (κ3) is 3.04. The third-order valence-electron chi connectivity index (χ3n) is 2.67. The van der Waals surface area contributed by atoms with Crippen LogP contribution in [0.15, 0.2) is 12.1 Å². The van der Waals surface area contributed by atoms with Gasteiger partial charge in [-0.2, -0.15) is 5.26 Å². The van der Waals surface area contributed by atoms with Crippen molar-refractivity contribution in [2.75, 3.05) is 7.11 Å². The van der Waals surface area contributed by atoms with Gasteiger partial charge in [0.05, 0.1) is 25.2 Å². The van der Waals surface area contributed by atoms with Crippen LogP contribution < -0.4 is 0 Å². The summed E-state index contributed by atoms with van der Waals surface area (Å²) in [4.78, 5) is 11.2. The Kier molecular flexibility index (Phi) is 4.78. The van der Waals surface area contributed by atoms with Gasteiger partial charge in [-0.1, -0.05) is 6.92 Å². The number of nitrogens with zero attached hydrogens (tertiary/aromatic N) is 1. The van der Waals surface area contributed by atoms with E-state index < -0.39 is 12.4 Å². The van der Waals surface area contributed by atoms with Crippen LogP contribution in [0.5, 0.6) is 0 Å². The number of halogens is 2. The van der Waals surface area contributed by atoms with Gasteiger partial charge in [0, 0.05) is 5.56 Å². The van der Waals surface area contributed by atoms with Gasteiger partial charge in [-0.15, -0.1) is 0 Å². The lowest BCUT2D eigenvalue weighted by Crippen LogP contribution is -2.08. The average Bonchev–Trinajstić information content (AvgIpc) is 2.37. The lowest BCUT2D eigenvalue weighted by Gasteiger charge is -2.11. The van der Waals surface area contributed by atoms with Crippen LogP contribution in [0.1, 0.15) is 35.6 Å². The number of nitriles is 1. The fourth-order valence-electron chi connectivity index (χ4n) is 1.71. The zero-order valence-electron chi connectivity index (χ0n) is 10.2. The number of methoxy groups -OCH3 is 1. The molecule has 1 aromatic carbocycles. The predicted molar refractivity (Wildman–Crippen MR) is 61.2 cm³/mol. The van der Waals surface area contributed by atoms with Crippen LogP contribution in [0.4, 0.5) is 8.78 Å². The summed E-state index contributed by atoms with van der Waals surface area (Å²) in [6.45, 7) is 1.83. The van der Waals surface area contributed by atoms with E-state index in [1.807, 2.05) is 6.92 Å². The Morgan fingerprint density at radius 3 is 2.56 bits per heavy atom. The van der Waals surface area contributed by atoms with Crippen LogP contribution in [0.3, 0.4) is 0 Å². The summed E-state index contributed by atoms with van der Waals surface area (Å²) in [7, 11) is 1.24. The summed E-state index contributed by atoms with van der Waals surface area (Å²) in [5.41, 5.74) is 0.809. The van der Waals surface area contributed by atoms with Gasteiger partial charge in [-0.3, -0.25) is 4.79 Å². The molecule has 1 rings (SSSR count). The Labute approximate surface area is 104 Å². The normalized spacial score (nSPS) is 10.2. The zero-order valence-corrected chi connectivity index (χ0v) is 10.2. The van der Waals surface area contributed by atoms with Gasteiger partial charge >= 0.3 is 5.97 Å². The van der Waals surface area contributed by atoms with E-state index in [0.29, 0.717) is 17.5 Å². The topological polar surface area (TPSA) is 50.1 Å². The second kappa shape index (κ2) is 6.10. The summed E-state index contributed by atoms with van der Waals surface area (Å²) >= 11 is 0. The molecule has 3 nitrogen and oxygen atoms in total. The maximum absolute atomic E-state index is 12.8. The third-order valence-corrected chi connectivity index (χ3v) is 2.67. The van der Waals surface area contributed by atoms with Crippen molar-refractivity contribution in [3.63, 3.8) is 0 Å². The van der Waals surface area contributed by atoms with E-state index in [4.69, 9.17) is 5.26 Å². The Balaban J connectivity index is 3.28. The van der Waals surface area contributed by atoms with Crippen LogP contribution in [0.2, 0.25) is 0 Å². The summed E-state index contributed by atoms with van der Waals surface area (Å²) in [6, 6.07) is 4.39. The van der Waals surface area contributed by atoms with E-state index in [-0.39, 0.29) is 17.5 Å². The molecule has 0 aliphatic rings. The number of alkyl halides is 2. The van der Waals surface area contributed by atoms with Crippen molar-refractivity contribution in [1.82, 2.24) is 0 Å². The summed E-state index contributed by atoms with van der Waals surface area (Å²) in [5, 5.41) is 8.83. The molecule has 0 saturated heterocycles. The molecule has 0 fully saturated rings. The molecule has 0 N–H and O–H groups in total. The van der Waals surface area contributed by atoms with Crippen LogP contribution in [-0.2, 0) is 22.4 Å². The fourth-order valence-corrected chi connectivity index (χ4v) is 1.71. The number of esters is 1. The van der Waals surface area contributed by atoms with Crippen molar-refractivity contribution in [2.45, 2.75) is 26.2 Å². The SMILES string of the molecule is CCc1cc(C#N)c(C(F)F)cc1CC(=O)OC. The molecule has 0 radical (unpaired) electrons. The zero-order chi connectivity index (χ0) is 13.7. The number of carbonyl (C=O) groups excluding carboxylic acids is 1. The van der Waals surface area contributed by atoms with E-state index >= 15 is 0 Å². The molecule has 0 aliphatic carbocycles. The molecule has 0 aromatic heterocycles. The number of benzene rings is 1. The quantitative estimate of drug-likeness (QED) is 0.775. The highest BCUT2D eigenvalue weighted by atomic mass is 19.3. The molecule has 18 heavy (non-hydrogen) atoms. The number of ether oxygens (including phenoxy) is 1. The molecule has 0 heterocycles. The molecule has 0 saturated carbocycles. The molecule has 0 amide bonds. The van der Waals surface area contributed by atoms with Crippen molar-refractivity contribution >= 4 is 5.97 Å². The molecule has 0 atom stereocenters. The number of carbonyl (C=O) groups is 1. The Bertz CT molecular complexity index is 492. The van der Waals surface area contributed by atoms with Crippen molar-refractivity contribution in [3.05, 3.63) is 34.4 Å². The van der Waals surface area contributed by atoms with E-state index in [2.05, 4.69) is 4.74 Å². The lowest BCUT2D eigenvalue weighted by atomic mass is 9.95. The molecule has 96 valence electrons. The van der Waals surface area contributed by atoms with Gasteiger partial charge in [0.25, 0.3) is 6.43 Å². The Morgan fingerprint density at radius 2 is 2.11 bits per heavy atom.